The van der Waals surface area contributed by atoms with E-state index in [1.807, 2.05) is 13.8 Å². The number of amides is 1. The number of imidazole rings is 1. The molecule has 0 fully saturated rings. The van der Waals surface area contributed by atoms with Crippen LogP contribution in [-0.2, 0) is 0 Å². The number of carbonyl (C=O) groups excluding carboxylic acids is 1. The van der Waals surface area contributed by atoms with E-state index in [1.165, 1.54) is 0 Å². The minimum Gasteiger partial charge on any atom is -0.493 e. The van der Waals surface area contributed by atoms with Gasteiger partial charge in [0.25, 0.3) is 0 Å². The first-order valence-electron chi connectivity index (χ1n) is 10.1. The van der Waals surface area contributed by atoms with Crippen LogP contribution in [0, 0.1) is 13.8 Å². The van der Waals surface area contributed by atoms with Crippen molar-refractivity contribution in [1.82, 2.24) is 19.6 Å². The third-order valence-corrected chi connectivity index (χ3v) is 5.18. The lowest BCUT2D eigenvalue weighted by molar-refractivity contribution is 0.100. The number of methoxy groups -OCH3 is 3. The Bertz CT molecular complexity index is 1320. The molecule has 0 unspecified atom stereocenters. The maximum absolute atomic E-state index is 11.4. The number of hydrogen-bond donors (Lipinski definition) is 2. The lowest BCUT2D eigenvalue weighted by atomic mass is 10.1. The van der Waals surface area contributed by atoms with Crippen molar-refractivity contribution in [2.75, 3.05) is 26.6 Å². The van der Waals surface area contributed by atoms with Crippen LogP contribution in [0.2, 0.25) is 0 Å². The minimum absolute atomic E-state index is 0.408. The van der Waals surface area contributed by atoms with Crippen LogP contribution in [0.3, 0.4) is 0 Å². The molecule has 2 aromatic heterocycles. The highest BCUT2D eigenvalue weighted by molar-refractivity contribution is 5.93. The molecule has 2 aromatic carbocycles. The van der Waals surface area contributed by atoms with Gasteiger partial charge in [-0.25, -0.2) is 14.5 Å². The Labute approximate surface area is 190 Å². The molecule has 0 radical (unpaired) electrons. The van der Waals surface area contributed by atoms with E-state index in [9.17, 15) is 4.79 Å². The Hall–Kier alpha value is -4.34. The van der Waals surface area contributed by atoms with Gasteiger partial charge in [0.1, 0.15) is 11.3 Å². The van der Waals surface area contributed by atoms with Crippen LogP contribution in [0.5, 0.6) is 17.2 Å². The first-order valence-corrected chi connectivity index (χ1v) is 10.1. The average Bonchev–Trinajstić information content (AvgIpc) is 3.11. The van der Waals surface area contributed by atoms with E-state index in [0.717, 1.165) is 16.8 Å². The Kier molecular flexibility index (Phi) is 5.74. The summed E-state index contributed by atoms with van der Waals surface area (Å²) in [7, 11) is 4.67. The molecule has 1 amide bonds. The maximum Gasteiger partial charge on any atom is 0.248 e. The number of hydrogen-bond acceptors (Lipinski definition) is 8. The Morgan fingerprint density at radius 3 is 2.15 bits per heavy atom. The second kappa shape index (κ2) is 8.65. The molecule has 10 nitrogen and oxygen atoms in total. The second-order valence-electron chi connectivity index (χ2n) is 7.27. The molecule has 0 saturated carbocycles. The molecular weight excluding hydrogens is 424 g/mol. The van der Waals surface area contributed by atoms with E-state index < -0.39 is 5.91 Å². The molecule has 2 heterocycles. The van der Waals surface area contributed by atoms with Crippen LogP contribution in [0.1, 0.15) is 21.9 Å². The number of benzene rings is 2. The molecule has 3 N–H and O–H groups in total. The van der Waals surface area contributed by atoms with Gasteiger partial charge in [-0.15, -0.1) is 5.10 Å². The van der Waals surface area contributed by atoms with Crippen molar-refractivity contribution in [2.24, 2.45) is 5.73 Å². The van der Waals surface area contributed by atoms with Gasteiger partial charge in [-0.3, -0.25) is 4.79 Å². The van der Waals surface area contributed by atoms with Crippen molar-refractivity contribution < 1.29 is 19.0 Å². The third-order valence-electron chi connectivity index (χ3n) is 5.18. The van der Waals surface area contributed by atoms with Crippen molar-refractivity contribution in [3.8, 4) is 28.6 Å². The lowest BCUT2D eigenvalue weighted by Crippen LogP contribution is -2.10. The highest BCUT2D eigenvalue weighted by Gasteiger charge is 2.18. The van der Waals surface area contributed by atoms with Gasteiger partial charge in [-0.2, -0.15) is 0 Å². The number of nitrogens with zero attached hydrogens (tertiary/aromatic N) is 4. The zero-order valence-corrected chi connectivity index (χ0v) is 19.0. The molecule has 0 saturated heterocycles. The van der Waals surface area contributed by atoms with E-state index >= 15 is 0 Å². The predicted molar refractivity (Wildman–Crippen MR) is 124 cm³/mol. The Morgan fingerprint density at radius 1 is 0.970 bits per heavy atom. The average molecular weight is 448 g/mol. The van der Waals surface area contributed by atoms with Gasteiger partial charge in [-0.05, 0) is 26.0 Å². The molecule has 33 heavy (non-hydrogen) atoms. The molecule has 0 atom stereocenters. The minimum atomic E-state index is -0.497. The molecule has 170 valence electrons. The van der Waals surface area contributed by atoms with Crippen LogP contribution < -0.4 is 25.3 Å². The van der Waals surface area contributed by atoms with E-state index in [0.29, 0.717) is 46.0 Å². The monoisotopic (exact) mass is 448 g/mol. The number of anilines is 2. The van der Waals surface area contributed by atoms with Gasteiger partial charge in [0, 0.05) is 28.9 Å². The molecule has 0 aliphatic heterocycles. The summed E-state index contributed by atoms with van der Waals surface area (Å²) < 4.78 is 18.1. The highest BCUT2D eigenvalue weighted by Crippen LogP contribution is 2.41. The Balaban J connectivity index is 1.86. The zero-order valence-electron chi connectivity index (χ0n) is 19.0. The molecule has 0 spiro atoms. The van der Waals surface area contributed by atoms with Crippen LogP contribution in [-0.4, -0.2) is 46.8 Å². The summed E-state index contributed by atoms with van der Waals surface area (Å²) in [6, 6.07) is 10.4. The van der Waals surface area contributed by atoms with Crippen LogP contribution in [0.15, 0.2) is 36.4 Å². The maximum atomic E-state index is 11.4. The summed E-state index contributed by atoms with van der Waals surface area (Å²) in [4.78, 5) is 20.7. The summed E-state index contributed by atoms with van der Waals surface area (Å²) in [6.45, 7) is 3.77. The fourth-order valence-electron chi connectivity index (χ4n) is 3.61. The van der Waals surface area contributed by atoms with Gasteiger partial charge in [0.05, 0.1) is 27.0 Å². The summed E-state index contributed by atoms with van der Waals surface area (Å²) in [5, 5.41) is 7.99. The van der Waals surface area contributed by atoms with Crippen molar-refractivity contribution >= 4 is 22.9 Å². The van der Waals surface area contributed by atoms with E-state index in [4.69, 9.17) is 24.9 Å². The third kappa shape index (κ3) is 3.98. The van der Waals surface area contributed by atoms with Crippen LogP contribution in [0.25, 0.3) is 16.9 Å². The van der Waals surface area contributed by atoms with Crippen molar-refractivity contribution in [1.29, 1.82) is 0 Å². The fraction of sp³-hybridized carbons (Fsp3) is 0.217. The summed E-state index contributed by atoms with van der Waals surface area (Å²) >= 11 is 0. The summed E-state index contributed by atoms with van der Waals surface area (Å²) in [5.74, 6) is 2.73. The molecule has 4 aromatic rings. The number of carbonyl (C=O) groups is 1. The van der Waals surface area contributed by atoms with Crippen LogP contribution in [0.4, 0.5) is 11.5 Å². The first-order chi connectivity index (χ1) is 15.9. The number of fused-ring (bicyclic) bond motifs is 1. The summed E-state index contributed by atoms with van der Waals surface area (Å²) in [6.07, 6.45) is 0. The number of rotatable bonds is 7. The number of nitrogens with one attached hydrogen (secondary N) is 1. The standard InChI is InChI=1S/C23H24N6O4/c1-12-19-23(26-16-10-17(31-3)20(33-5)18(11-16)32-4)27-22(28-29(19)13(2)25-12)15-8-6-14(7-9-15)21(24)30/h6-11H,1-5H3,(H2,24,30)(H,26,27,28). The van der Waals surface area contributed by atoms with Gasteiger partial charge in [0.2, 0.25) is 11.7 Å². The Morgan fingerprint density at radius 2 is 1.61 bits per heavy atom. The van der Waals surface area contributed by atoms with Gasteiger partial charge >= 0.3 is 0 Å². The van der Waals surface area contributed by atoms with Crippen LogP contribution >= 0.6 is 0 Å². The summed E-state index contributed by atoms with van der Waals surface area (Å²) in [5.41, 5.74) is 8.68. The largest absolute Gasteiger partial charge is 0.493 e. The van der Waals surface area contributed by atoms with Gasteiger partial charge in [0.15, 0.2) is 23.1 Å². The normalized spacial score (nSPS) is 10.8. The quantitative estimate of drug-likeness (QED) is 0.441. The predicted octanol–water partition coefficient (Wildman–Crippen LogP) is 3.28. The fourth-order valence-corrected chi connectivity index (χ4v) is 3.61. The molecular formula is C23H24N6O4. The van der Waals surface area contributed by atoms with E-state index in [-0.39, 0.29) is 0 Å². The van der Waals surface area contributed by atoms with E-state index in [2.05, 4.69) is 15.4 Å². The number of primary amides is 1. The zero-order chi connectivity index (χ0) is 23.7. The molecule has 0 bridgehead atoms. The van der Waals surface area contributed by atoms with Crippen molar-refractivity contribution in [3.63, 3.8) is 0 Å². The SMILES string of the molecule is COc1cc(Nc2nc(-c3ccc(C(N)=O)cc3)nn3c(C)nc(C)c23)cc(OC)c1OC. The molecule has 4 rings (SSSR count). The molecule has 10 heteroatoms. The topological polar surface area (TPSA) is 126 Å². The number of aryl methyl sites for hydroxylation is 2. The lowest BCUT2D eigenvalue weighted by Gasteiger charge is -2.16. The van der Waals surface area contributed by atoms with Gasteiger partial charge < -0.3 is 25.3 Å². The first kappa shape index (κ1) is 21.9. The van der Waals surface area contributed by atoms with Crippen molar-refractivity contribution in [3.05, 3.63) is 53.5 Å². The van der Waals surface area contributed by atoms with E-state index in [1.54, 1.807) is 62.2 Å². The molecule has 0 aliphatic rings. The highest BCUT2D eigenvalue weighted by atomic mass is 16.5. The number of nitrogens with two attached hydrogens (primary N) is 1. The van der Waals surface area contributed by atoms with Gasteiger partial charge in [-0.1, -0.05) is 12.1 Å². The van der Waals surface area contributed by atoms with Crippen molar-refractivity contribution in [2.45, 2.75) is 13.8 Å². The smallest absolute Gasteiger partial charge is 0.248 e. The molecule has 0 aliphatic carbocycles. The second-order valence-corrected chi connectivity index (χ2v) is 7.27. The number of aromatic nitrogens is 4. The number of ether oxygens (including phenoxy) is 3.